The number of carbonyl (C=O) groups is 1. The molecule has 0 aliphatic carbocycles. The van der Waals surface area contributed by atoms with Gasteiger partial charge < -0.3 is 10.4 Å². The van der Waals surface area contributed by atoms with Crippen molar-refractivity contribution in [1.82, 2.24) is 0 Å². The van der Waals surface area contributed by atoms with Gasteiger partial charge in [-0.2, -0.15) is 21.6 Å². The minimum Gasteiger partial charge on any atom is -0.380 e. The summed E-state index contributed by atoms with van der Waals surface area (Å²) in [6.07, 6.45) is 1.36. The third kappa shape index (κ3) is 10.9. The fraction of sp³-hybridized carbons (Fsp3) is 0.650. The fourth-order valence-corrected chi connectivity index (χ4v) is 3.47. The Morgan fingerprint density at radius 2 is 1.67 bits per heavy atom. The van der Waals surface area contributed by atoms with Crippen LogP contribution in [-0.2, 0) is 25.3 Å². The number of carbonyl (C=O) groups excluding carboxylic acids is 1. The Morgan fingerprint density at radius 3 is 2.18 bits per heavy atom. The number of hydrogen-bond donors (Lipinski definition) is 2. The normalized spacial score (nSPS) is 14.0. The van der Waals surface area contributed by atoms with E-state index in [1.54, 1.807) is 0 Å². The van der Waals surface area contributed by atoms with Gasteiger partial charge in [-0.05, 0) is 31.9 Å². The highest BCUT2D eigenvalue weighted by molar-refractivity contribution is 7.85. The maximum atomic E-state index is 13.1. The molecule has 1 amide bonds. The van der Waals surface area contributed by atoms with Gasteiger partial charge in [-0.1, -0.05) is 38.5 Å². The Morgan fingerprint density at radius 1 is 1.12 bits per heavy atom. The molecule has 0 aromatic heterocycles. The Balaban J connectivity index is 2.44. The average Bonchev–Trinajstić information content (AvgIpc) is 2.67. The average molecular weight is 499 g/mol. The summed E-state index contributed by atoms with van der Waals surface area (Å²) in [4.78, 5) is 22.0. The Bertz CT molecular complexity index is 919. The first-order valence-corrected chi connectivity index (χ1v) is 12.2. The van der Waals surface area contributed by atoms with Gasteiger partial charge in [-0.3, -0.25) is 19.1 Å². The van der Waals surface area contributed by atoms with Gasteiger partial charge in [0.2, 0.25) is 0 Å². The number of nitrogens with zero attached hydrogens (tertiary/aromatic N) is 1. The van der Waals surface area contributed by atoms with Crippen molar-refractivity contribution >= 4 is 27.4 Å². The predicted octanol–water partition coefficient (Wildman–Crippen LogP) is 4.40. The Labute approximate surface area is 190 Å². The molecule has 1 unspecified atom stereocenters. The Kier molecular flexibility index (Phi) is 10.7. The van der Waals surface area contributed by atoms with Crippen LogP contribution in [0.2, 0.25) is 0 Å². The van der Waals surface area contributed by atoms with Gasteiger partial charge in [-0.25, -0.2) is 0 Å². The number of unbranched alkanes of at least 4 members (excludes halogenated alkanes) is 6. The van der Waals surface area contributed by atoms with Gasteiger partial charge >= 0.3 is 6.18 Å². The van der Waals surface area contributed by atoms with Crippen molar-refractivity contribution < 1.29 is 40.6 Å². The van der Waals surface area contributed by atoms with Crippen LogP contribution in [-0.4, -0.2) is 42.8 Å². The van der Waals surface area contributed by atoms with E-state index in [1.807, 2.05) is 0 Å². The van der Waals surface area contributed by atoms with E-state index in [4.69, 9.17) is 0 Å². The van der Waals surface area contributed by atoms with Crippen LogP contribution < -0.4 is 5.32 Å². The van der Waals surface area contributed by atoms with E-state index in [0.717, 1.165) is 44.4 Å². The van der Waals surface area contributed by atoms with Crippen molar-refractivity contribution in [2.45, 2.75) is 70.1 Å². The largest absolute Gasteiger partial charge is 0.423 e. The molecule has 0 aliphatic rings. The fourth-order valence-electron chi connectivity index (χ4n) is 3.04. The summed E-state index contributed by atoms with van der Waals surface area (Å²) in [5, 5.41) is 23.4. The predicted molar refractivity (Wildman–Crippen MR) is 115 cm³/mol. The number of halogens is 3. The molecule has 33 heavy (non-hydrogen) atoms. The van der Waals surface area contributed by atoms with Gasteiger partial charge in [0.25, 0.3) is 21.7 Å². The Hall–Kier alpha value is -2.25. The maximum absolute atomic E-state index is 13.1. The highest BCUT2D eigenvalue weighted by Crippen LogP contribution is 2.37. The van der Waals surface area contributed by atoms with Crippen LogP contribution in [0, 0.1) is 10.1 Å². The minimum absolute atomic E-state index is 0.0835. The first-order chi connectivity index (χ1) is 15.1. The molecule has 1 rings (SSSR count). The van der Waals surface area contributed by atoms with Gasteiger partial charge in [0.05, 0.1) is 17.8 Å². The molecule has 1 atom stereocenters. The molecule has 13 heteroatoms. The second-order valence-corrected chi connectivity index (χ2v) is 9.61. The number of alkyl halides is 3. The van der Waals surface area contributed by atoms with Gasteiger partial charge in [-0.15, -0.1) is 0 Å². The lowest BCUT2D eigenvalue weighted by Gasteiger charge is -2.22. The van der Waals surface area contributed by atoms with E-state index in [-0.39, 0.29) is 18.7 Å². The number of anilines is 1. The molecule has 0 saturated heterocycles. The SMILES string of the molecule is CC(O)(CCCCCCCCCOS(C)(=O)=O)C(=O)Nc1ccc([N+](=O)[O-])c(C(F)(F)F)c1. The lowest BCUT2D eigenvalue weighted by Crippen LogP contribution is -2.40. The van der Waals surface area contributed by atoms with Crippen molar-refractivity contribution in [3.8, 4) is 0 Å². The first kappa shape index (κ1) is 28.8. The molecular weight excluding hydrogens is 469 g/mol. The highest BCUT2D eigenvalue weighted by Gasteiger charge is 2.39. The van der Waals surface area contributed by atoms with Crippen LogP contribution >= 0.6 is 0 Å². The molecule has 2 N–H and O–H groups in total. The van der Waals surface area contributed by atoms with Gasteiger partial charge in [0.1, 0.15) is 11.2 Å². The van der Waals surface area contributed by atoms with Crippen molar-refractivity contribution in [3.63, 3.8) is 0 Å². The second kappa shape index (κ2) is 12.3. The molecule has 188 valence electrons. The monoisotopic (exact) mass is 498 g/mol. The summed E-state index contributed by atoms with van der Waals surface area (Å²) in [6.45, 7) is 1.40. The van der Waals surface area contributed by atoms with Gasteiger partial charge in [0.15, 0.2) is 0 Å². The number of rotatable bonds is 14. The second-order valence-electron chi connectivity index (χ2n) is 7.97. The lowest BCUT2D eigenvalue weighted by molar-refractivity contribution is -0.388. The molecule has 1 aromatic carbocycles. The first-order valence-electron chi connectivity index (χ1n) is 10.4. The third-order valence-corrected chi connectivity index (χ3v) is 5.45. The summed E-state index contributed by atoms with van der Waals surface area (Å²) >= 11 is 0. The van der Waals surface area contributed by atoms with Crippen molar-refractivity contribution in [2.24, 2.45) is 0 Å². The summed E-state index contributed by atoms with van der Waals surface area (Å²) in [6, 6.07) is 2.09. The van der Waals surface area contributed by atoms with Crippen LogP contribution in [0.5, 0.6) is 0 Å². The number of nitro benzene ring substituents is 1. The van der Waals surface area contributed by atoms with E-state index in [1.165, 1.54) is 6.92 Å². The summed E-state index contributed by atoms with van der Waals surface area (Å²) in [5.74, 6) is -0.907. The van der Waals surface area contributed by atoms with E-state index in [9.17, 15) is 41.6 Å². The van der Waals surface area contributed by atoms with Crippen LogP contribution in [0.3, 0.4) is 0 Å². The molecule has 0 radical (unpaired) electrons. The molecule has 0 aliphatic heterocycles. The highest BCUT2D eigenvalue weighted by atomic mass is 32.2. The number of nitrogens with one attached hydrogen (secondary N) is 1. The quantitative estimate of drug-likeness (QED) is 0.168. The molecule has 0 fully saturated rings. The van der Waals surface area contributed by atoms with Crippen LogP contribution in [0.15, 0.2) is 18.2 Å². The van der Waals surface area contributed by atoms with Crippen molar-refractivity contribution in [2.75, 3.05) is 18.2 Å². The smallest absolute Gasteiger partial charge is 0.380 e. The standard InChI is InChI=1S/C20H29F3N2O7S/c1-19(27,12-8-6-4-3-5-7-9-13-32-33(2,30)31)18(26)24-15-10-11-17(25(28)29)16(14-15)20(21,22)23/h10-11,14,27H,3-9,12-13H2,1-2H3,(H,24,26). The topological polar surface area (TPSA) is 136 Å². The zero-order valence-electron chi connectivity index (χ0n) is 18.5. The molecule has 9 nitrogen and oxygen atoms in total. The van der Waals surface area contributed by atoms with E-state index in [0.29, 0.717) is 25.0 Å². The van der Waals surface area contributed by atoms with E-state index in [2.05, 4.69) is 9.50 Å². The zero-order valence-corrected chi connectivity index (χ0v) is 19.3. The van der Waals surface area contributed by atoms with E-state index < -0.39 is 44.0 Å². The van der Waals surface area contributed by atoms with Crippen LogP contribution in [0.4, 0.5) is 24.5 Å². The third-order valence-electron chi connectivity index (χ3n) is 4.85. The molecule has 0 saturated carbocycles. The van der Waals surface area contributed by atoms with E-state index >= 15 is 0 Å². The number of amides is 1. The minimum atomic E-state index is -4.98. The van der Waals surface area contributed by atoms with Gasteiger partial charge in [0, 0.05) is 11.8 Å². The molecule has 1 aromatic rings. The number of benzene rings is 1. The zero-order chi connectivity index (χ0) is 25.3. The molecule has 0 heterocycles. The van der Waals surface area contributed by atoms with Crippen molar-refractivity contribution in [3.05, 3.63) is 33.9 Å². The van der Waals surface area contributed by atoms with Crippen LogP contribution in [0.25, 0.3) is 0 Å². The summed E-state index contributed by atoms with van der Waals surface area (Å²) in [5.41, 5.74) is -4.76. The molecular formula is C20H29F3N2O7S. The molecule has 0 spiro atoms. The lowest BCUT2D eigenvalue weighted by atomic mass is 9.96. The number of hydrogen-bond acceptors (Lipinski definition) is 7. The van der Waals surface area contributed by atoms with Crippen LogP contribution in [0.1, 0.15) is 63.9 Å². The summed E-state index contributed by atoms with van der Waals surface area (Å²) < 4.78 is 65.5. The number of nitro groups is 1. The maximum Gasteiger partial charge on any atom is 0.423 e. The van der Waals surface area contributed by atoms with Crippen molar-refractivity contribution in [1.29, 1.82) is 0 Å². The number of aliphatic hydroxyl groups is 1. The molecule has 0 bridgehead atoms. The summed E-state index contributed by atoms with van der Waals surface area (Å²) in [7, 11) is -3.42.